The van der Waals surface area contributed by atoms with Gasteiger partial charge in [-0.1, -0.05) is 37.5 Å². The summed E-state index contributed by atoms with van der Waals surface area (Å²) in [7, 11) is 1.34. The van der Waals surface area contributed by atoms with Crippen LogP contribution in [0.15, 0.2) is 30.3 Å². The zero-order valence-corrected chi connectivity index (χ0v) is 19.6. The molecule has 1 aliphatic rings. The molecular weight excluding hydrogens is 404 g/mol. The molecule has 0 saturated heterocycles. The van der Waals surface area contributed by atoms with Crippen LogP contribution in [-0.4, -0.2) is 47.3 Å². The van der Waals surface area contributed by atoms with Gasteiger partial charge >= 0.3 is 5.97 Å². The monoisotopic (exact) mass is 438 g/mol. The van der Waals surface area contributed by atoms with Crippen LogP contribution in [0.2, 0.25) is 0 Å². The molecule has 6 nitrogen and oxygen atoms in total. The van der Waals surface area contributed by atoms with E-state index in [1.54, 1.807) is 24.0 Å². The van der Waals surface area contributed by atoms with Crippen LogP contribution in [0.5, 0.6) is 0 Å². The summed E-state index contributed by atoms with van der Waals surface area (Å²) in [5.41, 5.74) is 2.86. The predicted octanol–water partition coefficient (Wildman–Crippen LogP) is 4.82. The average molecular weight is 439 g/mol. The Morgan fingerprint density at radius 2 is 1.72 bits per heavy atom. The number of methoxy groups -OCH3 is 1. The number of esters is 1. The zero-order chi connectivity index (χ0) is 23.3. The molecule has 1 fully saturated rings. The van der Waals surface area contributed by atoms with Gasteiger partial charge in [-0.25, -0.2) is 4.79 Å². The Morgan fingerprint density at radius 1 is 1.06 bits per heavy atom. The van der Waals surface area contributed by atoms with Gasteiger partial charge in [0.25, 0.3) is 5.91 Å². The molecule has 1 amide bonds. The first kappa shape index (κ1) is 23.8. The first-order chi connectivity index (χ1) is 15.4. The largest absolute Gasteiger partial charge is 0.464 e. The Morgan fingerprint density at radius 3 is 2.31 bits per heavy atom. The quantitative estimate of drug-likeness (QED) is 0.438. The number of ether oxygens (including phenoxy) is 1. The summed E-state index contributed by atoms with van der Waals surface area (Å²) in [5.74, 6) is -0.302. The van der Waals surface area contributed by atoms with Crippen LogP contribution < -0.4 is 0 Å². The Labute approximate surface area is 190 Å². The molecule has 0 bridgehead atoms. The van der Waals surface area contributed by atoms with Gasteiger partial charge in [0.1, 0.15) is 5.69 Å². The number of hydrogen-bond donors (Lipinski definition) is 0. The highest BCUT2D eigenvalue weighted by Crippen LogP contribution is 2.27. The van der Waals surface area contributed by atoms with E-state index in [-0.39, 0.29) is 18.2 Å². The first-order valence-corrected chi connectivity index (χ1v) is 11.5. The molecule has 0 atom stereocenters. The van der Waals surface area contributed by atoms with Crippen LogP contribution in [0.1, 0.15) is 81.5 Å². The minimum absolute atomic E-state index is 0.000246. The van der Waals surface area contributed by atoms with Crippen molar-refractivity contribution in [2.45, 2.75) is 59.4 Å². The molecular formula is C26H34N2O4. The highest BCUT2D eigenvalue weighted by Gasteiger charge is 2.29. The summed E-state index contributed by atoms with van der Waals surface area (Å²) in [6.07, 6.45) is 5.76. The van der Waals surface area contributed by atoms with E-state index in [9.17, 15) is 14.4 Å². The summed E-state index contributed by atoms with van der Waals surface area (Å²) in [6, 6.07) is 9.14. The topological polar surface area (TPSA) is 68.6 Å². The Bertz CT molecular complexity index is 971. The number of aromatic nitrogens is 1. The van der Waals surface area contributed by atoms with E-state index in [2.05, 4.69) is 0 Å². The Kier molecular flexibility index (Phi) is 7.89. The number of Topliss-reactive ketones (excluding diaryl/α,β-unsaturated/α-hetero) is 1. The molecule has 0 N–H and O–H groups in total. The summed E-state index contributed by atoms with van der Waals surface area (Å²) < 4.78 is 6.77. The van der Waals surface area contributed by atoms with Gasteiger partial charge < -0.3 is 14.2 Å². The number of carbonyl (C=O) groups is 3. The molecule has 2 aromatic rings. The third-order valence-electron chi connectivity index (χ3n) is 6.59. The molecule has 1 saturated carbocycles. The first-order valence-electron chi connectivity index (χ1n) is 11.5. The predicted molar refractivity (Wildman–Crippen MR) is 124 cm³/mol. The van der Waals surface area contributed by atoms with Crippen molar-refractivity contribution in [3.05, 3.63) is 58.4 Å². The van der Waals surface area contributed by atoms with E-state index in [1.807, 2.05) is 36.6 Å². The number of ketones is 1. The number of benzene rings is 1. The third-order valence-corrected chi connectivity index (χ3v) is 6.59. The second-order valence-corrected chi connectivity index (χ2v) is 8.65. The van der Waals surface area contributed by atoms with Crippen molar-refractivity contribution >= 4 is 17.7 Å². The van der Waals surface area contributed by atoms with Crippen LogP contribution in [0.4, 0.5) is 0 Å². The fourth-order valence-corrected chi connectivity index (χ4v) is 4.98. The van der Waals surface area contributed by atoms with Crippen molar-refractivity contribution in [3.63, 3.8) is 0 Å². The van der Waals surface area contributed by atoms with Crippen LogP contribution in [0.3, 0.4) is 0 Å². The summed E-state index contributed by atoms with van der Waals surface area (Å²) in [6.45, 7) is 6.69. The van der Waals surface area contributed by atoms with Crippen molar-refractivity contribution in [1.82, 2.24) is 9.47 Å². The summed E-state index contributed by atoms with van der Waals surface area (Å²) in [5, 5.41) is 0. The van der Waals surface area contributed by atoms with Crippen LogP contribution >= 0.6 is 0 Å². The maximum absolute atomic E-state index is 13.5. The summed E-state index contributed by atoms with van der Waals surface area (Å²) in [4.78, 5) is 40.9. The Balaban J connectivity index is 1.92. The molecule has 0 radical (unpaired) electrons. The lowest BCUT2D eigenvalue weighted by molar-refractivity contribution is 0.0587. The normalized spacial score (nSPS) is 14.2. The van der Waals surface area contributed by atoms with Crippen molar-refractivity contribution in [3.8, 4) is 0 Å². The van der Waals surface area contributed by atoms with Gasteiger partial charge in [0.05, 0.1) is 13.7 Å². The number of carbonyl (C=O) groups excluding carboxylic acids is 3. The third kappa shape index (κ3) is 4.95. The number of nitrogens with zero attached hydrogens (tertiary/aromatic N) is 2. The molecule has 1 aromatic carbocycles. The SMILES string of the molecule is CCn1c(C)c(C(=O)CN(CC2CCCCC2)C(=O)c2ccccc2)c(C)c1C(=O)OC. The standard InChI is InChI=1S/C26H34N2O4/c1-5-28-19(3)23(18(2)24(28)26(31)32-4)22(29)17-27(16-20-12-8-6-9-13-20)25(30)21-14-10-7-11-15-21/h7,10-11,14-15,20H,5-6,8-9,12-13,16-17H2,1-4H3. The van der Waals surface area contributed by atoms with E-state index in [1.165, 1.54) is 26.4 Å². The molecule has 1 heterocycles. The van der Waals surface area contributed by atoms with Crippen molar-refractivity contribution in [2.75, 3.05) is 20.2 Å². The van der Waals surface area contributed by atoms with Gasteiger partial charge in [-0.3, -0.25) is 9.59 Å². The van der Waals surface area contributed by atoms with Gasteiger partial charge in [-0.05, 0) is 57.2 Å². The lowest BCUT2D eigenvalue weighted by atomic mass is 9.88. The van der Waals surface area contributed by atoms with Crippen molar-refractivity contribution in [1.29, 1.82) is 0 Å². The maximum Gasteiger partial charge on any atom is 0.354 e. The molecule has 172 valence electrons. The fourth-order valence-electron chi connectivity index (χ4n) is 4.98. The average Bonchev–Trinajstić information content (AvgIpc) is 3.08. The number of amides is 1. The molecule has 0 spiro atoms. The lowest BCUT2D eigenvalue weighted by Gasteiger charge is -2.29. The van der Waals surface area contributed by atoms with Gasteiger partial charge in [0.2, 0.25) is 0 Å². The molecule has 6 heteroatoms. The second kappa shape index (κ2) is 10.6. The lowest BCUT2D eigenvalue weighted by Crippen LogP contribution is -2.40. The van der Waals surface area contributed by atoms with Gasteiger partial charge in [-0.15, -0.1) is 0 Å². The molecule has 32 heavy (non-hydrogen) atoms. The highest BCUT2D eigenvalue weighted by molar-refractivity contribution is 6.06. The second-order valence-electron chi connectivity index (χ2n) is 8.65. The van der Waals surface area contributed by atoms with Crippen molar-refractivity contribution in [2.24, 2.45) is 5.92 Å². The molecule has 0 unspecified atom stereocenters. The highest BCUT2D eigenvalue weighted by atomic mass is 16.5. The molecule has 3 rings (SSSR count). The molecule has 1 aromatic heterocycles. The number of rotatable bonds is 8. The van der Waals surface area contributed by atoms with E-state index < -0.39 is 5.97 Å². The van der Waals surface area contributed by atoms with Gasteiger partial charge in [0.15, 0.2) is 5.78 Å². The van der Waals surface area contributed by atoms with Crippen molar-refractivity contribution < 1.29 is 19.1 Å². The minimum Gasteiger partial charge on any atom is -0.464 e. The van der Waals surface area contributed by atoms with E-state index >= 15 is 0 Å². The Hall–Kier alpha value is -2.89. The van der Waals surface area contributed by atoms with E-state index in [0.717, 1.165) is 18.5 Å². The smallest absolute Gasteiger partial charge is 0.354 e. The van der Waals surface area contributed by atoms with Crippen LogP contribution in [-0.2, 0) is 11.3 Å². The van der Waals surface area contributed by atoms with Gasteiger partial charge in [-0.2, -0.15) is 0 Å². The molecule has 1 aliphatic carbocycles. The summed E-state index contributed by atoms with van der Waals surface area (Å²) >= 11 is 0. The van der Waals surface area contributed by atoms with Gasteiger partial charge in [0, 0.05) is 29.9 Å². The van der Waals surface area contributed by atoms with E-state index in [4.69, 9.17) is 4.74 Å². The fraction of sp³-hybridized carbons (Fsp3) is 0.500. The van der Waals surface area contributed by atoms with E-state index in [0.29, 0.717) is 41.4 Å². The minimum atomic E-state index is -0.453. The zero-order valence-electron chi connectivity index (χ0n) is 19.6. The molecule has 0 aliphatic heterocycles. The number of hydrogen-bond acceptors (Lipinski definition) is 4. The van der Waals surface area contributed by atoms with Crippen LogP contribution in [0, 0.1) is 19.8 Å². The maximum atomic E-state index is 13.5. The van der Waals surface area contributed by atoms with Crippen LogP contribution in [0.25, 0.3) is 0 Å².